The fourth-order valence-corrected chi connectivity index (χ4v) is 3.59. The van der Waals surface area contributed by atoms with E-state index in [2.05, 4.69) is 57.2 Å². The number of benzene rings is 1. The van der Waals surface area contributed by atoms with Crippen LogP contribution in [0.2, 0.25) is 0 Å². The van der Waals surface area contributed by atoms with E-state index in [9.17, 15) is 0 Å². The van der Waals surface area contributed by atoms with E-state index in [1.165, 1.54) is 16.7 Å². The molecule has 0 unspecified atom stereocenters. The van der Waals surface area contributed by atoms with Crippen molar-refractivity contribution in [2.45, 2.75) is 60.4 Å². The van der Waals surface area contributed by atoms with Gasteiger partial charge in [0.15, 0.2) is 0 Å². The third-order valence-electron chi connectivity index (χ3n) is 4.81. The van der Waals surface area contributed by atoms with Crippen LogP contribution >= 0.6 is 0 Å². The van der Waals surface area contributed by atoms with Gasteiger partial charge in [-0.1, -0.05) is 36.7 Å². The second kappa shape index (κ2) is 6.87. The van der Waals surface area contributed by atoms with Crippen molar-refractivity contribution in [2.75, 3.05) is 5.32 Å². The minimum absolute atomic E-state index is 0.418. The zero-order valence-corrected chi connectivity index (χ0v) is 16.0. The van der Waals surface area contributed by atoms with Gasteiger partial charge in [0, 0.05) is 17.3 Å². The summed E-state index contributed by atoms with van der Waals surface area (Å²) < 4.78 is 5.74. The monoisotopic (exact) mass is 337 g/mol. The molecule has 0 saturated carbocycles. The number of hydrogen-bond donors (Lipinski definition) is 1. The Bertz CT molecular complexity index is 884. The highest BCUT2D eigenvalue weighted by Crippen LogP contribution is 2.35. The number of aryl methyl sites for hydroxylation is 4. The zero-order valence-electron chi connectivity index (χ0n) is 16.0. The molecule has 0 spiro atoms. The molecule has 3 aromatic rings. The van der Waals surface area contributed by atoms with Gasteiger partial charge >= 0.3 is 0 Å². The van der Waals surface area contributed by atoms with Crippen molar-refractivity contribution in [3.05, 3.63) is 40.6 Å². The lowest BCUT2D eigenvalue weighted by molar-refractivity contribution is 0.459. The predicted molar refractivity (Wildman–Crippen MR) is 104 cm³/mol. The Balaban J connectivity index is 2.19. The van der Waals surface area contributed by atoms with Crippen molar-refractivity contribution in [1.29, 1.82) is 0 Å². The molecule has 4 nitrogen and oxygen atoms in total. The first-order valence-electron chi connectivity index (χ1n) is 9.06. The van der Waals surface area contributed by atoms with Crippen LogP contribution in [0.25, 0.3) is 22.4 Å². The Hall–Kier alpha value is -2.36. The fraction of sp³-hybridized carbons (Fsp3) is 0.429. The second-order valence-electron chi connectivity index (χ2n) is 6.95. The van der Waals surface area contributed by atoms with Crippen LogP contribution in [-0.2, 0) is 0 Å². The van der Waals surface area contributed by atoms with Gasteiger partial charge in [0.1, 0.15) is 11.2 Å². The normalized spacial score (nSPS) is 11.5. The first-order valence-corrected chi connectivity index (χ1v) is 9.06. The molecule has 0 bridgehead atoms. The van der Waals surface area contributed by atoms with E-state index in [0.717, 1.165) is 46.6 Å². The molecule has 3 rings (SSSR count). The zero-order chi connectivity index (χ0) is 18.1. The Labute approximate surface area is 149 Å². The van der Waals surface area contributed by atoms with Gasteiger partial charge in [-0.15, -0.1) is 0 Å². The lowest BCUT2D eigenvalue weighted by Crippen LogP contribution is -2.17. The topological polar surface area (TPSA) is 51.0 Å². The van der Waals surface area contributed by atoms with Crippen molar-refractivity contribution in [3.63, 3.8) is 0 Å². The average molecular weight is 337 g/mol. The van der Waals surface area contributed by atoms with Crippen molar-refractivity contribution in [3.8, 4) is 11.3 Å². The van der Waals surface area contributed by atoms with Crippen LogP contribution in [0, 0.1) is 27.7 Å². The number of hydrogen-bond acceptors (Lipinski definition) is 4. The standard InChI is InChI=1S/C21H27N3O/c1-7-16(8-2)23-17-11-15(6)22-20-19(24-25-21(17)20)18-13(4)9-12(3)10-14(18)5/h9-11,16H,7-8H2,1-6H3,(H,22,23). The third kappa shape index (κ3) is 3.26. The molecule has 1 aromatic carbocycles. The molecule has 2 heterocycles. The summed E-state index contributed by atoms with van der Waals surface area (Å²) in [4.78, 5) is 4.74. The van der Waals surface area contributed by atoms with E-state index in [1.807, 2.05) is 13.0 Å². The van der Waals surface area contributed by atoms with E-state index in [-0.39, 0.29) is 0 Å². The van der Waals surface area contributed by atoms with Gasteiger partial charge in [-0.2, -0.15) is 0 Å². The number of nitrogens with one attached hydrogen (secondary N) is 1. The SMILES string of the molecule is CCC(CC)Nc1cc(C)nc2c(-c3c(C)cc(C)cc3C)noc12. The fourth-order valence-electron chi connectivity index (χ4n) is 3.59. The molecule has 132 valence electrons. The Kier molecular flexibility index (Phi) is 4.80. The van der Waals surface area contributed by atoms with Crippen molar-refractivity contribution >= 4 is 16.8 Å². The Morgan fingerprint density at radius 1 is 1.00 bits per heavy atom. The lowest BCUT2D eigenvalue weighted by atomic mass is 9.96. The molecule has 0 fully saturated rings. The van der Waals surface area contributed by atoms with E-state index in [4.69, 9.17) is 9.51 Å². The van der Waals surface area contributed by atoms with Gasteiger partial charge < -0.3 is 9.84 Å². The number of aromatic nitrogens is 2. The molecule has 0 aliphatic heterocycles. The number of nitrogens with zero attached hydrogens (tertiary/aromatic N) is 2. The second-order valence-corrected chi connectivity index (χ2v) is 6.95. The predicted octanol–water partition coefficient (Wildman–Crippen LogP) is 5.72. The molecule has 0 radical (unpaired) electrons. The molecule has 1 N–H and O–H groups in total. The summed E-state index contributed by atoms with van der Waals surface area (Å²) >= 11 is 0. The Morgan fingerprint density at radius 3 is 2.24 bits per heavy atom. The smallest absolute Gasteiger partial charge is 0.209 e. The van der Waals surface area contributed by atoms with E-state index in [1.54, 1.807) is 0 Å². The van der Waals surface area contributed by atoms with Gasteiger partial charge in [-0.3, -0.25) is 0 Å². The molecule has 0 aliphatic carbocycles. The maximum atomic E-state index is 5.74. The molecule has 2 aromatic heterocycles. The van der Waals surface area contributed by atoms with Crippen LogP contribution in [0.3, 0.4) is 0 Å². The van der Waals surface area contributed by atoms with Gasteiger partial charge in [0.2, 0.25) is 5.58 Å². The highest BCUT2D eigenvalue weighted by Gasteiger charge is 2.20. The molecule has 0 aliphatic rings. The summed E-state index contributed by atoms with van der Waals surface area (Å²) in [5.74, 6) is 0. The minimum atomic E-state index is 0.418. The van der Waals surface area contributed by atoms with E-state index in [0.29, 0.717) is 6.04 Å². The van der Waals surface area contributed by atoms with Crippen LogP contribution in [0.15, 0.2) is 22.7 Å². The summed E-state index contributed by atoms with van der Waals surface area (Å²) in [7, 11) is 0. The average Bonchev–Trinajstić information content (AvgIpc) is 2.95. The third-order valence-corrected chi connectivity index (χ3v) is 4.81. The highest BCUT2D eigenvalue weighted by atomic mass is 16.5. The van der Waals surface area contributed by atoms with Gasteiger partial charge in [-0.25, -0.2) is 4.98 Å². The Morgan fingerprint density at radius 2 is 1.64 bits per heavy atom. The lowest BCUT2D eigenvalue weighted by Gasteiger charge is -2.16. The minimum Gasteiger partial charge on any atom is -0.379 e. The van der Waals surface area contributed by atoms with Crippen LogP contribution < -0.4 is 5.32 Å². The largest absolute Gasteiger partial charge is 0.379 e. The van der Waals surface area contributed by atoms with E-state index < -0.39 is 0 Å². The number of pyridine rings is 1. The van der Waals surface area contributed by atoms with Gasteiger partial charge in [0.05, 0.1) is 5.69 Å². The maximum absolute atomic E-state index is 5.74. The molecule has 25 heavy (non-hydrogen) atoms. The van der Waals surface area contributed by atoms with Crippen LogP contribution in [-0.4, -0.2) is 16.2 Å². The molecule has 4 heteroatoms. The summed E-state index contributed by atoms with van der Waals surface area (Å²) in [6.07, 6.45) is 2.13. The first-order chi connectivity index (χ1) is 11.9. The summed E-state index contributed by atoms with van der Waals surface area (Å²) in [6, 6.07) is 6.83. The summed E-state index contributed by atoms with van der Waals surface area (Å²) in [6.45, 7) is 12.8. The molecule has 0 saturated heterocycles. The molecule has 0 amide bonds. The highest BCUT2D eigenvalue weighted by molar-refractivity contribution is 5.96. The van der Waals surface area contributed by atoms with Crippen molar-refractivity contribution in [1.82, 2.24) is 10.1 Å². The summed E-state index contributed by atoms with van der Waals surface area (Å²) in [5, 5.41) is 7.99. The molecular formula is C21H27N3O. The number of fused-ring (bicyclic) bond motifs is 1. The molecular weight excluding hydrogens is 310 g/mol. The van der Waals surface area contributed by atoms with Crippen molar-refractivity contribution < 1.29 is 4.52 Å². The summed E-state index contributed by atoms with van der Waals surface area (Å²) in [5.41, 5.74) is 9.14. The van der Waals surface area contributed by atoms with Gasteiger partial charge in [-0.05, 0) is 57.7 Å². The van der Waals surface area contributed by atoms with Crippen LogP contribution in [0.4, 0.5) is 5.69 Å². The van der Waals surface area contributed by atoms with Crippen LogP contribution in [0.5, 0.6) is 0 Å². The van der Waals surface area contributed by atoms with E-state index >= 15 is 0 Å². The molecule has 0 atom stereocenters. The number of anilines is 1. The van der Waals surface area contributed by atoms with Gasteiger partial charge in [0.25, 0.3) is 0 Å². The number of rotatable bonds is 5. The van der Waals surface area contributed by atoms with Crippen LogP contribution in [0.1, 0.15) is 49.1 Å². The van der Waals surface area contributed by atoms with Crippen molar-refractivity contribution in [2.24, 2.45) is 0 Å². The quantitative estimate of drug-likeness (QED) is 0.646. The maximum Gasteiger partial charge on any atom is 0.209 e. The first kappa shape index (κ1) is 17.5.